The lowest BCUT2D eigenvalue weighted by atomic mass is 10.1. The molecule has 24 heavy (non-hydrogen) atoms. The van der Waals surface area contributed by atoms with Gasteiger partial charge in [-0.3, -0.25) is 9.52 Å². The number of nitrogens with one attached hydrogen (secondary N) is 2. The molecule has 2 N–H and O–H groups in total. The second kappa shape index (κ2) is 7.97. The highest BCUT2D eigenvalue weighted by molar-refractivity contribution is 7.92. The first-order valence-corrected chi connectivity index (χ1v) is 9.65. The molecule has 1 unspecified atom stereocenters. The minimum absolute atomic E-state index is 0.0477. The van der Waals surface area contributed by atoms with E-state index in [4.69, 9.17) is 0 Å². The Morgan fingerprint density at radius 3 is 2.25 bits per heavy atom. The van der Waals surface area contributed by atoms with Gasteiger partial charge in [0.15, 0.2) is 0 Å². The summed E-state index contributed by atoms with van der Waals surface area (Å²) < 4.78 is 24.7. The quantitative estimate of drug-likeness (QED) is 0.809. The first-order chi connectivity index (χ1) is 11.3. The van der Waals surface area contributed by atoms with Gasteiger partial charge in [-0.25, -0.2) is 8.42 Å². The third kappa shape index (κ3) is 6.04. The number of carbonyl (C=O) groups excluding carboxylic acids is 1. The molecule has 0 saturated heterocycles. The monoisotopic (exact) mass is 346 g/mol. The van der Waals surface area contributed by atoms with Gasteiger partial charge in [0.05, 0.1) is 6.26 Å². The molecule has 0 fully saturated rings. The molecule has 2 rings (SSSR count). The summed E-state index contributed by atoms with van der Waals surface area (Å²) in [5, 5.41) is 2.96. The molecule has 2 aromatic carbocycles. The van der Waals surface area contributed by atoms with Gasteiger partial charge in [0.25, 0.3) is 5.91 Å². The molecule has 0 spiro atoms. The van der Waals surface area contributed by atoms with Crippen molar-refractivity contribution in [2.24, 2.45) is 0 Å². The molecule has 0 aliphatic heterocycles. The van der Waals surface area contributed by atoms with Gasteiger partial charge >= 0.3 is 0 Å². The zero-order valence-electron chi connectivity index (χ0n) is 13.8. The Kier molecular flexibility index (Phi) is 5.98. The Labute approximate surface area is 143 Å². The van der Waals surface area contributed by atoms with Crippen molar-refractivity contribution in [2.45, 2.75) is 25.8 Å². The molecule has 6 heteroatoms. The minimum Gasteiger partial charge on any atom is -0.350 e. The molecule has 0 radical (unpaired) electrons. The number of anilines is 1. The van der Waals surface area contributed by atoms with Crippen molar-refractivity contribution in [1.82, 2.24) is 5.32 Å². The third-order valence-corrected chi connectivity index (χ3v) is 4.14. The molecule has 0 aliphatic carbocycles. The highest BCUT2D eigenvalue weighted by Gasteiger charge is 2.10. The van der Waals surface area contributed by atoms with Crippen molar-refractivity contribution in [3.05, 3.63) is 65.7 Å². The Hall–Kier alpha value is -2.34. The van der Waals surface area contributed by atoms with Crippen LogP contribution in [-0.4, -0.2) is 26.6 Å². The maximum Gasteiger partial charge on any atom is 0.251 e. The summed E-state index contributed by atoms with van der Waals surface area (Å²) in [6.45, 7) is 1.97. The standard InChI is InChI=1S/C18H22N2O3S/c1-14(8-9-15-6-4-3-5-7-15)19-18(21)16-10-12-17(13-11-16)20-24(2,22)23/h3-7,10-14,20H,8-9H2,1-2H3,(H,19,21). The number of hydrogen-bond acceptors (Lipinski definition) is 3. The normalized spacial score (nSPS) is 12.4. The van der Waals surface area contributed by atoms with Crippen molar-refractivity contribution < 1.29 is 13.2 Å². The lowest BCUT2D eigenvalue weighted by Gasteiger charge is -2.14. The summed E-state index contributed by atoms with van der Waals surface area (Å²) >= 11 is 0. The first kappa shape index (κ1) is 18.0. The summed E-state index contributed by atoms with van der Waals surface area (Å²) in [5.74, 6) is -0.165. The van der Waals surface area contributed by atoms with Gasteiger partial charge in [0.1, 0.15) is 0 Å². The van der Waals surface area contributed by atoms with Crippen molar-refractivity contribution in [2.75, 3.05) is 11.0 Å². The number of amides is 1. The van der Waals surface area contributed by atoms with Crippen LogP contribution in [-0.2, 0) is 16.4 Å². The topological polar surface area (TPSA) is 75.3 Å². The van der Waals surface area contributed by atoms with Crippen LogP contribution in [0.15, 0.2) is 54.6 Å². The molecule has 0 aliphatic rings. The van der Waals surface area contributed by atoms with Crippen LogP contribution in [0.2, 0.25) is 0 Å². The predicted molar refractivity (Wildman–Crippen MR) is 96.6 cm³/mol. The van der Waals surface area contributed by atoms with E-state index in [-0.39, 0.29) is 11.9 Å². The van der Waals surface area contributed by atoms with Crippen LogP contribution in [0.25, 0.3) is 0 Å². The fraction of sp³-hybridized carbons (Fsp3) is 0.278. The zero-order valence-corrected chi connectivity index (χ0v) is 14.6. The minimum atomic E-state index is -3.31. The fourth-order valence-corrected chi connectivity index (χ4v) is 2.88. The van der Waals surface area contributed by atoms with Gasteiger partial charge in [-0.2, -0.15) is 0 Å². The van der Waals surface area contributed by atoms with Crippen LogP contribution in [0.5, 0.6) is 0 Å². The predicted octanol–water partition coefficient (Wildman–Crippen LogP) is 2.81. The average molecular weight is 346 g/mol. The number of benzene rings is 2. The van der Waals surface area contributed by atoms with E-state index < -0.39 is 10.0 Å². The first-order valence-electron chi connectivity index (χ1n) is 7.76. The number of sulfonamides is 1. The molecule has 1 atom stereocenters. The maximum atomic E-state index is 12.2. The SMILES string of the molecule is CC(CCc1ccccc1)NC(=O)c1ccc(NS(C)(=O)=O)cc1. The summed E-state index contributed by atoms with van der Waals surface area (Å²) in [4.78, 5) is 12.2. The molecular formula is C18H22N2O3S. The van der Waals surface area contributed by atoms with E-state index in [2.05, 4.69) is 22.2 Å². The molecule has 1 amide bonds. The van der Waals surface area contributed by atoms with Gasteiger partial charge in [-0.05, 0) is 49.6 Å². The van der Waals surface area contributed by atoms with Crippen LogP contribution in [0, 0.1) is 0 Å². The Balaban J connectivity index is 1.87. The van der Waals surface area contributed by atoms with E-state index in [0.29, 0.717) is 11.3 Å². The number of aryl methyl sites for hydroxylation is 1. The molecule has 5 nitrogen and oxygen atoms in total. The molecule has 0 saturated carbocycles. The van der Waals surface area contributed by atoms with Crippen LogP contribution in [0.4, 0.5) is 5.69 Å². The maximum absolute atomic E-state index is 12.2. The summed E-state index contributed by atoms with van der Waals surface area (Å²) in [5.41, 5.74) is 2.18. The van der Waals surface area contributed by atoms with Gasteiger partial charge in [-0.15, -0.1) is 0 Å². The van der Waals surface area contributed by atoms with E-state index in [1.807, 2.05) is 25.1 Å². The largest absolute Gasteiger partial charge is 0.350 e. The average Bonchev–Trinajstić information content (AvgIpc) is 2.53. The van der Waals surface area contributed by atoms with Gasteiger partial charge in [0.2, 0.25) is 10.0 Å². The van der Waals surface area contributed by atoms with Gasteiger partial charge in [0, 0.05) is 17.3 Å². The molecule has 0 bridgehead atoms. The zero-order chi connectivity index (χ0) is 17.6. The summed E-state index contributed by atoms with van der Waals surface area (Å²) in [6.07, 6.45) is 2.84. The Bertz CT molecular complexity index is 772. The van der Waals surface area contributed by atoms with Crippen molar-refractivity contribution >= 4 is 21.6 Å². The van der Waals surface area contributed by atoms with Crippen LogP contribution in [0.3, 0.4) is 0 Å². The number of carbonyl (C=O) groups is 1. The van der Waals surface area contributed by atoms with E-state index in [0.717, 1.165) is 19.1 Å². The summed E-state index contributed by atoms with van der Waals surface area (Å²) in [6, 6.07) is 16.5. The lowest BCUT2D eigenvalue weighted by Crippen LogP contribution is -2.32. The van der Waals surface area contributed by atoms with E-state index in [9.17, 15) is 13.2 Å². The molecule has 0 aromatic heterocycles. The molecule has 128 valence electrons. The Morgan fingerprint density at radius 1 is 1.04 bits per heavy atom. The van der Waals surface area contributed by atoms with Crippen molar-refractivity contribution in [1.29, 1.82) is 0 Å². The third-order valence-electron chi connectivity index (χ3n) is 3.54. The van der Waals surface area contributed by atoms with Crippen molar-refractivity contribution in [3.8, 4) is 0 Å². The number of hydrogen-bond donors (Lipinski definition) is 2. The molecule has 2 aromatic rings. The highest BCUT2D eigenvalue weighted by atomic mass is 32.2. The van der Waals surface area contributed by atoms with E-state index in [1.165, 1.54) is 5.56 Å². The Morgan fingerprint density at radius 2 is 1.67 bits per heavy atom. The lowest BCUT2D eigenvalue weighted by molar-refractivity contribution is 0.0938. The van der Waals surface area contributed by atoms with Crippen LogP contribution < -0.4 is 10.0 Å². The van der Waals surface area contributed by atoms with E-state index in [1.54, 1.807) is 24.3 Å². The van der Waals surface area contributed by atoms with Gasteiger partial charge < -0.3 is 5.32 Å². The van der Waals surface area contributed by atoms with Crippen LogP contribution >= 0.6 is 0 Å². The smallest absolute Gasteiger partial charge is 0.251 e. The highest BCUT2D eigenvalue weighted by Crippen LogP contribution is 2.11. The van der Waals surface area contributed by atoms with E-state index >= 15 is 0 Å². The fourth-order valence-electron chi connectivity index (χ4n) is 2.31. The second-order valence-electron chi connectivity index (χ2n) is 5.85. The van der Waals surface area contributed by atoms with Crippen LogP contribution in [0.1, 0.15) is 29.3 Å². The summed E-state index contributed by atoms with van der Waals surface area (Å²) in [7, 11) is -3.31. The molecular weight excluding hydrogens is 324 g/mol. The van der Waals surface area contributed by atoms with Gasteiger partial charge in [-0.1, -0.05) is 30.3 Å². The second-order valence-corrected chi connectivity index (χ2v) is 7.60. The van der Waals surface area contributed by atoms with Crippen molar-refractivity contribution in [3.63, 3.8) is 0 Å². The number of rotatable bonds is 7. The molecule has 0 heterocycles.